The predicted molar refractivity (Wildman–Crippen MR) is 65.9 cm³/mol. The second-order valence-corrected chi connectivity index (χ2v) is 5.83. The molecule has 2 bridgehead atoms. The van der Waals surface area contributed by atoms with E-state index in [9.17, 15) is 4.79 Å². The lowest BCUT2D eigenvalue weighted by Gasteiger charge is -2.33. The summed E-state index contributed by atoms with van der Waals surface area (Å²) >= 11 is 0. The summed E-state index contributed by atoms with van der Waals surface area (Å²) in [7, 11) is 3.57. The van der Waals surface area contributed by atoms with Crippen molar-refractivity contribution in [2.45, 2.75) is 44.9 Å². The Morgan fingerprint density at radius 3 is 2.89 bits per heavy atom. The van der Waals surface area contributed by atoms with E-state index < -0.39 is 0 Å². The lowest BCUT2D eigenvalue weighted by Crippen LogP contribution is -2.45. The Balaban J connectivity index is 1.72. The third-order valence-electron chi connectivity index (χ3n) is 4.39. The predicted octanol–water partition coefficient (Wildman–Crippen LogP) is 0.126. The Kier molecular flexibility index (Phi) is 2.81. The van der Waals surface area contributed by atoms with Gasteiger partial charge in [0.2, 0.25) is 5.91 Å². The van der Waals surface area contributed by atoms with Crippen molar-refractivity contribution in [1.29, 1.82) is 0 Å². The van der Waals surface area contributed by atoms with Gasteiger partial charge in [-0.3, -0.25) is 4.79 Å². The van der Waals surface area contributed by atoms with Gasteiger partial charge >= 0.3 is 0 Å². The molecule has 19 heavy (non-hydrogen) atoms. The minimum atomic E-state index is -0.385. The number of ether oxygens (including phenoxy) is 1. The van der Waals surface area contributed by atoms with Gasteiger partial charge in [-0.1, -0.05) is 0 Å². The van der Waals surface area contributed by atoms with Crippen molar-refractivity contribution in [3.05, 3.63) is 5.82 Å². The molecule has 2 aliphatic rings. The quantitative estimate of drug-likeness (QED) is 0.776. The van der Waals surface area contributed by atoms with Gasteiger partial charge in [-0.05, 0) is 36.6 Å². The highest BCUT2D eigenvalue weighted by Gasteiger charge is 2.54. The Morgan fingerprint density at radius 2 is 2.37 bits per heavy atom. The Labute approximate surface area is 111 Å². The summed E-state index contributed by atoms with van der Waals surface area (Å²) in [5, 5.41) is 11.3. The fourth-order valence-corrected chi connectivity index (χ4v) is 3.26. The van der Waals surface area contributed by atoms with Crippen LogP contribution in [-0.4, -0.2) is 50.3 Å². The van der Waals surface area contributed by atoms with Crippen LogP contribution in [0.15, 0.2) is 0 Å². The van der Waals surface area contributed by atoms with E-state index in [4.69, 9.17) is 4.74 Å². The average Bonchev–Trinajstić information content (AvgIpc) is 3.05. The van der Waals surface area contributed by atoms with Crippen LogP contribution >= 0.6 is 0 Å². The molecule has 1 aromatic rings. The van der Waals surface area contributed by atoms with Crippen LogP contribution in [0.25, 0.3) is 0 Å². The lowest BCUT2D eigenvalue weighted by atomic mass is 9.74. The standard InChI is InChI=1S/C12H19N5O2/c1-12(6-8-4-5-9(12)19-8)11(18)16(2)7-10-13-14-15-17(10)3/h8-9H,4-7H2,1-3H3. The van der Waals surface area contributed by atoms with Crippen LogP contribution in [0.5, 0.6) is 0 Å². The first kappa shape index (κ1) is 12.5. The normalized spacial score (nSPS) is 32.8. The van der Waals surface area contributed by atoms with E-state index in [2.05, 4.69) is 15.5 Å². The smallest absolute Gasteiger partial charge is 0.231 e. The number of carbonyl (C=O) groups is 1. The Bertz CT molecular complexity index is 502. The van der Waals surface area contributed by atoms with Crippen molar-refractivity contribution in [3.63, 3.8) is 0 Å². The molecule has 1 aromatic heterocycles. The summed E-state index contributed by atoms with van der Waals surface area (Å²) in [6, 6.07) is 0. The first-order valence-corrected chi connectivity index (χ1v) is 6.63. The number of hydrogen-bond donors (Lipinski definition) is 0. The summed E-state index contributed by atoms with van der Waals surface area (Å²) in [5.74, 6) is 0.811. The number of aryl methyl sites for hydroxylation is 1. The fourth-order valence-electron chi connectivity index (χ4n) is 3.26. The highest BCUT2D eigenvalue weighted by molar-refractivity contribution is 5.83. The van der Waals surface area contributed by atoms with Gasteiger partial charge < -0.3 is 9.64 Å². The summed E-state index contributed by atoms with van der Waals surface area (Å²) in [4.78, 5) is 14.4. The second-order valence-electron chi connectivity index (χ2n) is 5.83. The van der Waals surface area contributed by atoms with Crippen molar-refractivity contribution < 1.29 is 9.53 Å². The van der Waals surface area contributed by atoms with Gasteiger partial charge in [0.1, 0.15) is 0 Å². The molecule has 7 nitrogen and oxygen atoms in total. The zero-order chi connectivity index (χ0) is 13.6. The van der Waals surface area contributed by atoms with E-state index in [0.29, 0.717) is 12.4 Å². The molecule has 104 valence electrons. The fraction of sp³-hybridized carbons (Fsp3) is 0.833. The first-order valence-electron chi connectivity index (χ1n) is 6.63. The van der Waals surface area contributed by atoms with E-state index >= 15 is 0 Å². The van der Waals surface area contributed by atoms with Crippen LogP contribution in [0.1, 0.15) is 32.0 Å². The van der Waals surface area contributed by atoms with Crippen LogP contribution in [0.3, 0.4) is 0 Å². The number of tetrazole rings is 1. The number of aromatic nitrogens is 4. The number of hydrogen-bond acceptors (Lipinski definition) is 5. The molecule has 3 heterocycles. The monoisotopic (exact) mass is 265 g/mol. The SMILES string of the molecule is CN(Cc1nnnn1C)C(=O)C1(C)CC2CCC1O2. The Hall–Kier alpha value is -1.50. The minimum absolute atomic E-state index is 0.0741. The second kappa shape index (κ2) is 4.26. The average molecular weight is 265 g/mol. The first-order chi connectivity index (χ1) is 9.00. The molecule has 2 aliphatic heterocycles. The summed E-state index contributed by atoms with van der Waals surface area (Å²) in [6.07, 6.45) is 3.25. The largest absolute Gasteiger partial charge is 0.374 e. The van der Waals surface area contributed by atoms with Gasteiger partial charge in [-0.15, -0.1) is 5.10 Å². The maximum Gasteiger partial charge on any atom is 0.231 e. The number of amides is 1. The molecule has 3 rings (SSSR count). The van der Waals surface area contributed by atoms with Crippen molar-refractivity contribution in [2.24, 2.45) is 12.5 Å². The van der Waals surface area contributed by atoms with E-state index in [0.717, 1.165) is 19.3 Å². The van der Waals surface area contributed by atoms with Crippen LogP contribution in [0.2, 0.25) is 0 Å². The highest BCUT2D eigenvalue weighted by Crippen LogP contribution is 2.48. The molecule has 3 unspecified atom stereocenters. The zero-order valence-electron chi connectivity index (χ0n) is 11.5. The van der Waals surface area contributed by atoms with Gasteiger partial charge in [-0.25, -0.2) is 4.68 Å². The van der Waals surface area contributed by atoms with Crippen LogP contribution < -0.4 is 0 Å². The zero-order valence-corrected chi connectivity index (χ0v) is 11.5. The number of rotatable bonds is 3. The third-order valence-corrected chi connectivity index (χ3v) is 4.39. The van der Waals surface area contributed by atoms with Crippen LogP contribution in [0.4, 0.5) is 0 Å². The molecule has 0 saturated carbocycles. The van der Waals surface area contributed by atoms with Gasteiger partial charge in [0.15, 0.2) is 5.82 Å². The van der Waals surface area contributed by atoms with Gasteiger partial charge in [-0.2, -0.15) is 0 Å². The summed E-state index contributed by atoms with van der Waals surface area (Å²) in [6.45, 7) is 2.44. The molecule has 0 aliphatic carbocycles. The topological polar surface area (TPSA) is 73.1 Å². The van der Waals surface area contributed by atoms with Crippen molar-refractivity contribution >= 4 is 5.91 Å². The van der Waals surface area contributed by atoms with E-state index in [1.54, 1.807) is 23.7 Å². The lowest BCUT2D eigenvalue weighted by molar-refractivity contribution is -0.143. The van der Waals surface area contributed by atoms with Crippen LogP contribution in [-0.2, 0) is 23.1 Å². The van der Waals surface area contributed by atoms with Crippen molar-refractivity contribution in [1.82, 2.24) is 25.1 Å². The molecular formula is C12H19N5O2. The third kappa shape index (κ3) is 1.92. The summed E-state index contributed by atoms with van der Waals surface area (Å²) < 4.78 is 7.41. The van der Waals surface area contributed by atoms with Gasteiger partial charge in [0.25, 0.3) is 0 Å². The van der Waals surface area contributed by atoms with Crippen LogP contribution in [0, 0.1) is 5.41 Å². The molecule has 0 radical (unpaired) electrons. The number of fused-ring (bicyclic) bond motifs is 2. The van der Waals surface area contributed by atoms with Gasteiger partial charge in [0.05, 0.1) is 24.2 Å². The van der Waals surface area contributed by atoms with E-state index in [1.807, 2.05) is 6.92 Å². The molecule has 3 atom stereocenters. The highest BCUT2D eigenvalue weighted by atomic mass is 16.5. The molecule has 0 aromatic carbocycles. The van der Waals surface area contributed by atoms with Crippen molar-refractivity contribution in [3.8, 4) is 0 Å². The number of nitrogens with zero attached hydrogens (tertiary/aromatic N) is 5. The number of carbonyl (C=O) groups excluding carboxylic acids is 1. The molecule has 2 fully saturated rings. The molecular weight excluding hydrogens is 246 g/mol. The summed E-state index contributed by atoms with van der Waals surface area (Å²) in [5.41, 5.74) is -0.385. The molecule has 0 N–H and O–H groups in total. The minimum Gasteiger partial charge on any atom is -0.374 e. The molecule has 1 amide bonds. The molecule has 2 saturated heterocycles. The molecule has 0 spiro atoms. The molecule has 7 heteroatoms. The maximum atomic E-state index is 12.7. The van der Waals surface area contributed by atoms with Crippen molar-refractivity contribution in [2.75, 3.05) is 7.05 Å². The maximum absolute atomic E-state index is 12.7. The van der Waals surface area contributed by atoms with Gasteiger partial charge in [0, 0.05) is 14.1 Å². The van der Waals surface area contributed by atoms with E-state index in [1.165, 1.54) is 0 Å². The van der Waals surface area contributed by atoms with E-state index in [-0.39, 0.29) is 23.5 Å². The Morgan fingerprint density at radius 1 is 1.58 bits per heavy atom.